The third-order valence-electron chi connectivity index (χ3n) is 3.86. The summed E-state index contributed by atoms with van der Waals surface area (Å²) >= 11 is 0. The van der Waals surface area contributed by atoms with Crippen molar-refractivity contribution in [1.29, 1.82) is 0 Å². The van der Waals surface area contributed by atoms with Gasteiger partial charge in [0.25, 0.3) is 0 Å². The molecule has 4 N–H and O–H groups in total. The van der Waals surface area contributed by atoms with Crippen LogP contribution in [0.15, 0.2) is 0 Å². The highest BCUT2D eigenvalue weighted by Gasteiger charge is 2.25. The second-order valence-electron chi connectivity index (χ2n) is 5.50. The van der Waals surface area contributed by atoms with Gasteiger partial charge in [-0.15, -0.1) is 0 Å². The van der Waals surface area contributed by atoms with E-state index in [1.165, 1.54) is 12.8 Å². The van der Waals surface area contributed by atoms with Crippen molar-refractivity contribution in [1.82, 2.24) is 5.32 Å². The molecule has 1 aliphatic carbocycles. The highest BCUT2D eigenvalue weighted by atomic mass is 16.3. The van der Waals surface area contributed by atoms with Crippen LogP contribution >= 0.6 is 0 Å². The number of nitrogens with one attached hydrogen (secondary N) is 1. The van der Waals surface area contributed by atoms with E-state index < -0.39 is 6.04 Å². The quantitative estimate of drug-likeness (QED) is 0.670. The minimum absolute atomic E-state index is 0.0673. The number of aliphatic hydroxyl groups is 1. The van der Waals surface area contributed by atoms with E-state index >= 15 is 0 Å². The van der Waals surface area contributed by atoms with E-state index in [4.69, 9.17) is 5.73 Å². The Labute approximate surface area is 104 Å². The first-order chi connectivity index (χ1) is 8.06. The van der Waals surface area contributed by atoms with Crippen molar-refractivity contribution in [3.8, 4) is 0 Å². The topological polar surface area (TPSA) is 75.4 Å². The molecule has 3 atom stereocenters. The summed E-state index contributed by atoms with van der Waals surface area (Å²) < 4.78 is 0. The van der Waals surface area contributed by atoms with Gasteiger partial charge in [-0.05, 0) is 30.6 Å². The fourth-order valence-corrected chi connectivity index (χ4v) is 2.45. The Hall–Kier alpha value is -0.610. The number of rotatable bonds is 5. The smallest absolute Gasteiger partial charge is 0.237 e. The number of aliphatic hydroxyl groups excluding tert-OH is 1. The van der Waals surface area contributed by atoms with Crippen molar-refractivity contribution in [3.05, 3.63) is 0 Å². The Morgan fingerprint density at radius 2 is 1.94 bits per heavy atom. The number of hydrogen-bond donors (Lipinski definition) is 3. The van der Waals surface area contributed by atoms with Gasteiger partial charge in [-0.3, -0.25) is 4.79 Å². The van der Waals surface area contributed by atoms with Crippen molar-refractivity contribution in [3.63, 3.8) is 0 Å². The molecule has 0 heterocycles. The van der Waals surface area contributed by atoms with E-state index in [1.807, 2.05) is 13.8 Å². The Kier molecular flexibility index (Phi) is 5.92. The van der Waals surface area contributed by atoms with E-state index in [0.717, 1.165) is 12.8 Å². The molecule has 0 aromatic carbocycles. The molecule has 1 saturated carbocycles. The van der Waals surface area contributed by atoms with Crippen molar-refractivity contribution in [2.75, 3.05) is 13.2 Å². The van der Waals surface area contributed by atoms with Crippen LogP contribution in [0.1, 0.15) is 39.5 Å². The van der Waals surface area contributed by atoms with Crippen molar-refractivity contribution < 1.29 is 9.90 Å². The Balaban J connectivity index is 2.35. The van der Waals surface area contributed by atoms with Gasteiger partial charge in [-0.2, -0.15) is 0 Å². The zero-order chi connectivity index (χ0) is 12.8. The summed E-state index contributed by atoms with van der Waals surface area (Å²) in [5.41, 5.74) is 5.78. The lowest BCUT2D eigenvalue weighted by Crippen LogP contribution is -2.46. The number of nitrogens with two attached hydrogens (primary N) is 1. The van der Waals surface area contributed by atoms with Crippen LogP contribution in [0.3, 0.4) is 0 Å². The lowest BCUT2D eigenvalue weighted by Gasteiger charge is -2.30. The third kappa shape index (κ3) is 4.28. The summed E-state index contributed by atoms with van der Waals surface area (Å²) in [4.78, 5) is 11.7. The normalized spacial score (nSPS) is 26.9. The lowest BCUT2D eigenvalue weighted by atomic mass is 9.79. The molecule has 0 radical (unpaired) electrons. The predicted octanol–water partition coefficient (Wildman–Crippen LogP) is 0.885. The van der Waals surface area contributed by atoms with Crippen LogP contribution < -0.4 is 11.1 Å². The van der Waals surface area contributed by atoms with Crippen molar-refractivity contribution >= 4 is 5.91 Å². The molecule has 2 unspecified atom stereocenters. The minimum atomic E-state index is -0.425. The fourth-order valence-electron chi connectivity index (χ4n) is 2.45. The molecule has 100 valence electrons. The molecule has 1 aliphatic rings. The van der Waals surface area contributed by atoms with E-state index in [9.17, 15) is 9.90 Å². The molecule has 1 amide bonds. The van der Waals surface area contributed by atoms with Crippen molar-refractivity contribution in [2.45, 2.75) is 45.6 Å². The molecule has 0 aromatic heterocycles. The molecule has 0 saturated heterocycles. The lowest BCUT2D eigenvalue weighted by molar-refractivity contribution is -0.123. The molecule has 0 aromatic rings. The molecule has 4 heteroatoms. The Bertz CT molecular complexity index is 244. The van der Waals surface area contributed by atoms with Crippen LogP contribution in [0.4, 0.5) is 0 Å². The molecule has 17 heavy (non-hydrogen) atoms. The monoisotopic (exact) mass is 242 g/mol. The average molecular weight is 242 g/mol. The molecule has 1 rings (SSSR count). The first kappa shape index (κ1) is 14.5. The Morgan fingerprint density at radius 1 is 1.35 bits per heavy atom. The van der Waals surface area contributed by atoms with E-state index in [1.54, 1.807) is 0 Å². The zero-order valence-electron chi connectivity index (χ0n) is 11.0. The first-order valence-electron chi connectivity index (χ1n) is 6.70. The second-order valence-corrected chi connectivity index (χ2v) is 5.50. The number of carbonyl (C=O) groups excluding carboxylic acids is 1. The predicted molar refractivity (Wildman–Crippen MR) is 68.4 cm³/mol. The van der Waals surface area contributed by atoms with Crippen LogP contribution in [0.5, 0.6) is 0 Å². The van der Waals surface area contributed by atoms with Gasteiger partial charge in [0, 0.05) is 13.2 Å². The average Bonchev–Trinajstić information content (AvgIpc) is 2.35. The summed E-state index contributed by atoms with van der Waals surface area (Å²) in [5, 5.41) is 12.2. The van der Waals surface area contributed by atoms with Crippen LogP contribution in [-0.4, -0.2) is 30.2 Å². The van der Waals surface area contributed by atoms with Crippen LogP contribution in [-0.2, 0) is 4.79 Å². The second kappa shape index (κ2) is 6.97. The standard InChI is InChI=1S/C13H26N2O2/c1-9(2)12(14)13(17)15-7-10-5-3-4-6-11(10)8-16/h9-12,16H,3-8,14H2,1-2H3,(H,15,17)/t10?,11?,12-/m0/s1. The number of hydrogen-bond acceptors (Lipinski definition) is 3. The van der Waals surface area contributed by atoms with Gasteiger partial charge in [-0.1, -0.05) is 26.7 Å². The largest absolute Gasteiger partial charge is 0.396 e. The number of carbonyl (C=O) groups is 1. The van der Waals surface area contributed by atoms with Gasteiger partial charge in [0.15, 0.2) is 0 Å². The molecule has 0 bridgehead atoms. The maximum atomic E-state index is 11.7. The fraction of sp³-hybridized carbons (Fsp3) is 0.923. The van der Waals surface area contributed by atoms with Crippen LogP contribution in [0.2, 0.25) is 0 Å². The van der Waals surface area contributed by atoms with Gasteiger partial charge in [0.05, 0.1) is 6.04 Å². The van der Waals surface area contributed by atoms with E-state index in [-0.39, 0.29) is 18.4 Å². The first-order valence-corrected chi connectivity index (χ1v) is 6.70. The molecular formula is C13H26N2O2. The highest BCUT2D eigenvalue weighted by Crippen LogP contribution is 2.29. The molecule has 0 spiro atoms. The highest BCUT2D eigenvalue weighted by molar-refractivity contribution is 5.81. The van der Waals surface area contributed by atoms with Gasteiger partial charge < -0.3 is 16.2 Å². The van der Waals surface area contributed by atoms with Gasteiger partial charge in [-0.25, -0.2) is 0 Å². The summed E-state index contributed by atoms with van der Waals surface area (Å²) in [6, 6.07) is -0.425. The molecule has 1 fully saturated rings. The van der Waals surface area contributed by atoms with Crippen molar-refractivity contribution in [2.24, 2.45) is 23.5 Å². The maximum Gasteiger partial charge on any atom is 0.237 e. The third-order valence-corrected chi connectivity index (χ3v) is 3.86. The zero-order valence-corrected chi connectivity index (χ0v) is 11.0. The number of amides is 1. The summed E-state index contributed by atoms with van der Waals surface area (Å²) in [7, 11) is 0. The molecule has 4 nitrogen and oxygen atoms in total. The Morgan fingerprint density at radius 3 is 2.47 bits per heavy atom. The van der Waals surface area contributed by atoms with Gasteiger partial charge >= 0.3 is 0 Å². The summed E-state index contributed by atoms with van der Waals surface area (Å²) in [5.74, 6) is 0.855. The SMILES string of the molecule is CC(C)[C@H](N)C(=O)NCC1CCCCC1CO. The van der Waals surface area contributed by atoms with Gasteiger partial charge in [0.1, 0.15) is 0 Å². The van der Waals surface area contributed by atoms with Crippen LogP contribution in [0, 0.1) is 17.8 Å². The molecule has 0 aliphatic heterocycles. The molecular weight excluding hydrogens is 216 g/mol. The summed E-state index contributed by atoms with van der Waals surface area (Å²) in [6.45, 7) is 4.78. The minimum Gasteiger partial charge on any atom is -0.396 e. The van der Waals surface area contributed by atoms with E-state index in [0.29, 0.717) is 18.4 Å². The maximum absolute atomic E-state index is 11.7. The summed E-state index contributed by atoms with van der Waals surface area (Å²) in [6.07, 6.45) is 4.57. The van der Waals surface area contributed by atoms with Gasteiger partial charge in [0.2, 0.25) is 5.91 Å². The van der Waals surface area contributed by atoms with E-state index in [2.05, 4.69) is 5.32 Å². The van der Waals surface area contributed by atoms with Crippen LogP contribution in [0.25, 0.3) is 0 Å².